The number of anilines is 1. The maximum atomic E-state index is 14.3. The summed E-state index contributed by atoms with van der Waals surface area (Å²) in [5.41, 5.74) is 0.753. The molecule has 12 heteroatoms. The van der Waals surface area contributed by atoms with Gasteiger partial charge in [0.1, 0.15) is 29.6 Å². The first-order valence-corrected chi connectivity index (χ1v) is 18.5. The van der Waals surface area contributed by atoms with Crippen LogP contribution in [-0.4, -0.2) is 71.3 Å². The summed E-state index contributed by atoms with van der Waals surface area (Å²) >= 11 is 0. The highest BCUT2D eigenvalue weighted by Gasteiger charge is 2.51. The summed E-state index contributed by atoms with van der Waals surface area (Å²) < 4.78 is 27.7. The molecule has 0 radical (unpaired) electrons. The zero-order valence-electron chi connectivity index (χ0n) is 30.8. The van der Waals surface area contributed by atoms with Gasteiger partial charge in [-0.15, -0.1) is 0 Å². The number of hydrogen-bond acceptors (Lipinski definition) is 8. The average molecular weight is 709 g/mol. The van der Waals surface area contributed by atoms with Crippen LogP contribution in [0.3, 0.4) is 0 Å². The molecule has 2 amide bonds. The zero-order chi connectivity index (χ0) is 37.5. The molecule has 266 valence electrons. The molecule has 0 unspecified atom stereocenters. The second kappa shape index (κ2) is 15.3. The van der Waals surface area contributed by atoms with Crippen LogP contribution in [0, 0.1) is 0 Å². The van der Waals surface area contributed by atoms with E-state index in [1.165, 1.54) is 12.3 Å². The van der Waals surface area contributed by atoms with Gasteiger partial charge in [-0.3, -0.25) is 9.69 Å². The van der Waals surface area contributed by atoms with Gasteiger partial charge in [0.25, 0.3) is 14.2 Å². The minimum atomic E-state index is -3.17. The molecule has 3 aromatic carbocycles. The zero-order valence-corrected chi connectivity index (χ0v) is 30.8. The third-order valence-corrected chi connectivity index (χ3v) is 13.2. The molecule has 0 aliphatic carbocycles. The number of rotatable bonds is 10. The van der Waals surface area contributed by atoms with E-state index in [2.05, 4.69) is 36.2 Å². The van der Waals surface area contributed by atoms with Gasteiger partial charge in [-0.2, -0.15) is 9.78 Å². The number of nitrogens with one attached hydrogen (secondary N) is 1. The van der Waals surface area contributed by atoms with Gasteiger partial charge in [0.05, 0.1) is 18.3 Å². The number of ether oxygens (including phenoxy) is 2. The van der Waals surface area contributed by atoms with Gasteiger partial charge >= 0.3 is 12.2 Å². The molecule has 2 aromatic heterocycles. The fourth-order valence-electron chi connectivity index (χ4n) is 5.85. The second-order valence-corrected chi connectivity index (χ2v) is 18.4. The van der Waals surface area contributed by atoms with Gasteiger partial charge in [0.15, 0.2) is 0 Å². The number of aromatic nitrogens is 3. The molecule has 0 saturated carbocycles. The number of nitrogens with zero attached hydrogens (tertiary/aromatic N) is 4. The first-order chi connectivity index (χ1) is 24.7. The number of fused-ring (bicyclic) bond motifs is 1. The van der Waals surface area contributed by atoms with Crippen LogP contribution in [0.25, 0.3) is 11.0 Å². The lowest BCUT2D eigenvalue weighted by atomic mass is 10.2. The highest BCUT2D eigenvalue weighted by Crippen LogP contribution is 2.37. The molecular formula is C39H45N5O6Si. The van der Waals surface area contributed by atoms with E-state index in [1.807, 2.05) is 91.0 Å². The monoisotopic (exact) mass is 708 g/mol. The minimum absolute atomic E-state index is 0.0417. The smallest absolute Gasteiger partial charge is 0.435 e. The lowest BCUT2D eigenvalue weighted by Gasteiger charge is -2.44. The first kappa shape index (κ1) is 35.5. The highest BCUT2D eigenvalue weighted by molar-refractivity contribution is 6.99. The number of likely N-dealkylation sites (N-methyl/N-ethyl adjacent to an activating group) is 1. The van der Waals surface area contributed by atoms with E-state index in [0.29, 0.717) is 11.0 Å². The van der Waals surface area contributed by atoms with E-state index in [-0.39, 0.29) is 19.0 Å². The van der Waals surface area contributed by atoms with E-state index in [1.54, 1.807) is 26.8 Å². The van der Waals surface area contributed by atoms with Crippen molar-refractivity contribution in [1.29, 1.82) is 0 Å². The summed E-state index contributed by atoms with van der Waals surface area (Å²) in [7, 11) is -3.74. The molecule has 2 heterocycles. The molecule has 1 atom stereocenters. The van der Waals surface area contributed by atoms with Crippen LogP contribution in [0.5, 0.6) is 0 Å². The fourth-order valence-corrected chi connectivity index (χ4v) is 10.4. The highest BCUT2D eigenvalue weighted by atomic mass is 28.4. The molecular weight excluding hydrogens is 663 g/mol. The molecule has 5 rings (SSSR count). The topological polar surface area (TPSA) is 125 Å². The van der Waals surface area contributed by atoms with Crippen LogP contribution < -0.4 is 15.7 Å². The van der Waals surface area contributed by atoms with Crippen molar-refractivity contribution in [3.05, 3.63) is 115 Å². The lowest BCUT2D eigenvalue weighted by Crippen LogP contribution is -2.67. The summed E-state index contributed by atoms with van der Waals surface area (Å²) in [6, 6.07) is 30.9. The van der Waals surface area contributed by atoms with Crippen LogP contribution in [0.4, 0.5) is 15.4 Å². The predicted octanol–water partition coefficient (Wildman–Crippen LogP) is 6.37. The molecule has 11 nitrogen and oxygen atoms in total. The van der Waals surface area contributed by atoms with Crippen molar-refractivity contribution in [2.45, 2.75) is 64.8 Å². The van der Waals surface area contributed by atoms with Crippen LogP contribution in [-0.2, 0) is 25.3 Å². The van der Waals surface area contributed by atoms with Crippen molar-refractivity contribution in [2.75, 3.05) is 18.9 Å². The third kappa shape index (κ3) is 8.52. The Labute approximate surface area is 301 Å². The van der Waals surface area contributed by atoms with Crippen molar-refractivity contribution < 1.29 is 29.7 Å². The molecule has 0 bridgehead atoms. The van der Waals surface area contributed by atoms with E-state index in [9.17, 15) is 14.4 Å². The number of hydrogen-bond donors (Lipinski definition) is 1. The van der Waals surface area contributed by atoms with Crippen molar-refractivity contribution in [2.24, 2.45) is 0 Å². The Morgan fingerprint density at radius 1 is 0.863 bits per heavy atom. The van der Waals surface area contributed by atoms with Gasteiger partial charge in [0, 0.05) is 8.39 Å². The molecule has 0 fully saturated rings. The Balaban J connectivity index is 1.49. The maximum absolute atomic E-state index is 14.3. The van der Waals surface area contributed by atoms with Crippen LogP contribution in [0.1, 0.15) is 48.5 Å². The summed E-state index contributed by atoms with van der Waals surface area (Å²) in [5, 5.41) is 8.51. The summed E-state index contributed by atoms with van der Waals surface area (Å²) in [6.45, 7) is 11.3. The Bertz CT molecular complexity index is 1940. The Hall–Kier alpha value is -5.33. The van der Waals surface area contributed by atoms with Crippen molar-refractivity contribution >= 4 is 53.6 Å². The lowest BCUT2D eigenvalue weighted by molar-refractivity contribution is -0.121. The van der Waals surface area contributed by atoms with Crippen molar-refractivity contribution in [3.8, 4) is 0 Å². The van der Waals surface area contributed by atoms with Crippen LogP contribution in [0.2, 0.25) is 5.04 Å². The van der Waals surface area contributed by atoms with E-state index in [4.69, 9.17) is 15.3 Å². The number of pyridine rings is 1. The largest absolute Gasteiger partial charge is 0.445 e. The van der Waals surface area contributed by atoms with Gasteiger partial charge in [-0.05, 0) is 53.9 Å². The third-order valence-electron chi connectivity index (χ3n) is 8.24. The van der Waals surface area contributed by atoms with Crippen molar-refractivity contribution in [1.82, 2.24) is 19.7 Å². The SMILES string of the molecule is [2H]CN(C(=O)OCc1ccccc1)[C@@H](CO[Si](c1ccccc1)(c1ccccc1)C(C)(C)C)C(=O)Nc1ccc2c(cnn2C(=O)OC(C)(C)C)n1. The normalized spacial score (nSPS) is 12.9. The Morgan fingerprint density at radius 2 is 1.45 bits per heavy atom. The molecule has 0 aliphatic heterocycles. The van der Waals surface area contributed by atoms with Crippen molar-refractivity contribution in [3.63, 3.8) is 0 Å². The summed E-state index contributed by atoms with van der Waals surface area (Å²) in [5.74, 6) is -0.479. The van der Waals surface area contributed by atoms with E-state index < -0.39 is 50.1 Å². The first-order valence-electron chi connectivity index (χ1n) is 17.3. The molecule has 0 spiro atoms. The number of amides is 2. The van der Waals surface area contributed by atoms with Gasteiger partial charge in [0.2, 0.25) is 0 Å². The standard InChI is InChI=1S/C39H45N5O6Si/c1-38(2,3)50-37(47)44-32-23-24-34(41-31(32)25-40-44)42-35(45)33(43(7)36(46)48-26-28-17-11-8-12-18-28)27-49-51(39(4,5)6,29-19-13-9-14-20-29)30-21-15-10-16-22-30/h8-25,33H,26-27H2,1-7H3,(H,41,42,45)/t33-/m0/s1/i7D. The average Bonchev–Trinajstić information content (AvgIpc) is 3.54. The molecule has 1 N–H and O–H groups in total. The quantitative estimate of drug-likeness (QED) is 0.166. The number of benzene rings is 3. The van der Waals surface area contributed by atoms with Gasteiger partial charge < -0.3 is 19.2 Å². The van der Waals surface area contributed by atoms with Gasteiger partial charge in [-0.25, -0.2) is 14.6 Å². The Kier molecular flexibility index (Phi) is 10.6. The fraction of sp³-hybridized carbons (Fsp3) is 0.308. The van der Waals surface area contributed by atoms with Gasteiger partial charge in [-0.1, -0.05) is 112 Å². The summed E-state index contributed by atoms with van der Waals surface area (Å²) in [6.07, 6.45) is -0.107. The minimum Gasteiger partial charge on any atom is -0.445 e. The second-order valence-electron chi connectivity index (χ2n) is 14.1. The number of carbonyl (C=O) groups excluding carboxylic acids is 3. The predicted molar refractivity (Wildman–Crippen MR) is 200 cm³/mol. The van der Waals surface area contributed by atoms with Crippen LogP contribution >= 0.6 is 0 Å². The van der Waals surface area contributed by atoms with E-state index in [0.717, 1.165) is 25.5 Å². The number of carbonyl (C=O) groups is 3. The molecule has 5 aromatic rings. The summed E-state index contributed by atoms with van der Waals surface area (Å²) in [4.78, 5) is 46.2. The molecule has 0 aliphatic rings. The van der Waals surface area contributed by atoms with E-state index >= 15 is 0 Å². The molecule has 51 heavy (non-hydrogen) atoms. The van der Waals surface area contributed by atoms with Crippen LogP contribution in [0.15, 0.2) is 109 Å². The molecule has 0 saturated heterocycles. The maximum Gasteiger partial charge on any atom is 0.435 e. The Morgan fingerprint density at radius 3 is 2.00 bits per heavy atom.